The van der Waals surface area contributed by atoms with Crippen LogP contribution in [0.2, 0.25) is 5.02 Å². The third-order valence-corrected chi connectivity index (χ3v) is 4.43. The van der Waals surface area contributed by atoms with Crippen LogP contribution in [0.1, 0.15) is 5.56 Å². The lowest BCUT2D eigenvalue weighted by Crippen LogP contribution is -2.37. The number of rotatable bonds is 6. The van der Waals surface area contributed by atoms with Crippen LogP contribution in [0.5, 0.6) is 0 Å². The number of hydrogen-bond donors (Lipinski definition) is 2. The quantitative estimate of drug-likeness (QED) is 0.606. The van der Waals surface area contributed by atoms with E-state index in [-0.39, 0.29) is 0 Å². The van der Waals surface area contributed by atoms with Crippen LogP contribution in [-0.2, 0) is 6.42 Å². The van der Waals surface area contributed by atoms with E-state index >= 15 is 0 Å². The van der Waals surface area contributed by atoms with Crippen molar-refractivity contribution in [2.24, 2.45) is 0 Å². The minimum absolute atomic E-state index is 0.304. The molecule has 24 heavy (non-hydrogen) atoms. The summed E-state index contributed by atoms with van der Waals surface area (Å²) < 4.78 is 1.02. The molecule has 0 aromatic heterocycles. The zero-order valence-electron chi connectivity index (χ0n) is 12.6. The molecular formula is C18H14BrClN2O2. The van der Waals surface area contributed by atoms with E-state index in [2.05, 4.69) is 26.6 Å². The fraction of sp³-hybridized carbons (Fsp3) is 0.111. The number of anilines is 3. The highest BCUT2D eigenvalue weighted by Gasteiger charge is 2.20. The van der Waals surface area contributed by atoms with Gasteiger partial charge in [-0.2, -0.15) is 0 Å². The molecule has 3 rings (SSSR count). The minimum atomic E-state index is -0.504. The predicted octanol–water partition coefficient (Wildman–Crippen LogP) is 4.10. The first kappa shape index (κ1) is 16.7. The molecule has 0 radical (unpaired) electrons. The van der Waals surface area contributed by atoms with Gasteiger partial charge in [0.05, 0.1) is 0 Å². The lowest BCUT2D eigenvalue weighted by atomic mass is 10.1. The maximum Gasteiger partial charge on any atom is 0.253 e. The molecule has 0 unspecified atom stereocenters. The van der Waals surface area contributed by atoms with E-state index in [0.717, 1.165) is 16.5 Å². The lowest BCUT2D eigenvalue weighted by Gasteiger charge is -2.15. The molecule has 0 saturated carbocycles. The molecule has 0 atom stereocenters. The average Bonchev–Trinajstić information content (AvgIpc) is 2.60. The van der Waals surface area contributed by atoms with Gasteiger partial charge in [-0.25, -0.2) is 0 Å². The second-order valence-electron chi connectivity index (χ2n) is 5.34. The van der Waals surface area contributed by atoms with Gasteiger partial charge in [-0.3, -0.25) is 9.59 Å². The number of benzene rings is 2. The van der Waals surface area contributed by atoms with E-state index in [9.17, 15) is 9.59 Å². The first-order valence-electron chi connectivity index (χ1n) is 7.39. The summed E-state index contributed by atoms with van der Waals surface area (Å²) in [6.45, 7) is 0.571. The normalized spacial score (nSPS) is 10.8. The van der Waals surface area contributed by atoms with Crippen molar-refractivity contribution in [2.75, 3.05) is 17.2 Å². The molecule has 3 aromatic carbocycles. The van der Waals surface area contributed by atoms with Crippen molar-refractivity contribution < 1.29 is 0 Å². The molecule has 6 heteroatoms. The molecule has 0 aliphatic heterocycles. The smallest absolute Gasteiger partial charge is 0.253 e. The Kier molecular flexibility index (Phi) is 5.02. The van der Waals surface area contributed by atoms with Gasteiger partial charge in [0.2, 0.25) is 0 Å². The third kappa shape index (κ3) is 3.68. The monoisotopic (exact) mass is 404 g/mol. The van der Waals surface area contributed by atoms with Gasteiger partial charge >= 0.3 is 0 Å². The van der Waals surface area contributed by atoms with E-state index < -0.39 is 10.9 Å². The maximum atomic E-state index is 11.8. The molecule has 4 nitrogen and oxygen atoms in total. The largest absolute Gasteiger partial charge is 0.380 e. The van der Waals surface area contributed by atoms with Gasteiger partial charge < -0.3 is 10.6 Å². The highest BCUT2D eigenvalue weighted by molar-refractivity contribution is 9.10. The molecule has 0 saturated heterocycles. The summed E-state index contributed by atoms with van der Waals surface area (Å²) in [5.41, 5.74) is 1.52. The summed E-state index contributed by atoms with van der Waals surface area (Å²) in [6, 6.07) is 14.9. The SMILES string of the molecule is O=c1c(NCCc2ccc(Br)cc2)c(Nc2ccc(Cl)cc2)c1=O. The van der Waals surface area contributed by atoms with Crippen molar-refractivity contribution in [1.82, 2.24) is 0 Å². The van der Waals surface area contributed by atoms with Gasteiger partial charge in [0.15, 0.2) is 0 Å². The van der Waals surface area contributed by atoms with E-state index in [1.165, 1.54) is 0 Å². The molecule has 0 amide bonds. The van der Waals surface area contributed by atoms with Gasteiger partial charge in [0, 0.05) is 21.7 Å². The summed E-state index contributed by atoms with van der Waals surface area (Å²) in [4.78, 5) is 23.5. The van der Waals surface area contributed by atoms with Crippen LogP contribution in [0.4, 0.5) is 17.1 Å². The Morgan fingerprint density at radius 3 is 2.17 bits per heavy atom. The van der Waals surface area contributed by atoms with Crippen LogP contribution < -0.4 is 21.5 Å². The molecular weight excluding hydrogens is 392 g/mol. The molecule has 3 aromatic rings. The zero-order valence-corrected chi connectivity index (χ0v) is 14.9. The molecule has 0 heterocycles. The Bertz CT molecular complexity index is 914. The Morgan fingerprint density at radius 1 is 0.875 bits per heavy atom. The van der Waals surface area contributed by atoms with Crippen molar-refractivity contribution in [2.45, 2.75) is 6.42 Å². The first-order valence-corrected chi connectivity index (χ1v) is 8.56. The fourth-order valence-electron chi connectivity index (χ4n) is 2.34. The second kappa shape index (κ2) is 7.20. The van der Waals surface area contributed by atoms with Crippen molar-refractivity contribution >= 4 is 44.6 Å². The van der Waals surface area contributed by atoms with Crippen LogP contribution >= 0.6 is 27.5 Å². The highest BCUT2D eigenvalue weighted by atomic mass is 79.9. The van der Waals surface area contributed by atoms with E-state index in [0.29, 0.717) is 28.6 Å². The number of nitrogens with one attached hydrogen (secondary N) is 2. The minimum Gasteiger partial charge on any atom is -0.380 e. The zero-order chi connectivity index (χ0) is 17.1. The van der Waals surface area contributed by atoms with Crippen molar-refractivity contribution in [1.29, 1.82) is 0 Å². The van der Waals surface area contributed by atoms with Gasteiger partial charge in [0.25, 0.3) is 10.9 Å². The van der Waals surface area contributed by atoms with Crippen LogP contribution in [0.3, 0.4) is 0 Å². The summed E-state index contributed by atoms with van der Waals surface area (Å²) in [6.07, 6.45) is 0.756. The molecule has 0 aliphatic rings. The van der Waals surface area contributed by atoms with Crippen molar-refractivity contribution in [3.63, 3.8) is 0 Å². The molecule has 0 bridgehead atoms. The molecule has 0 aliphatic carbocycles. The van der Waals surface area contributed by atoms with Gasteiger partial charge in [-0.15, -0.1) is 0 Å². The molecule has 122 valence electrons. The average molecular weight is 406 g/mol. The summed E-state index contributed by atoms with van der Waals surface area (Å²) in [5.74, 6) is 0. The Hall–Kier alpha value is -2.11. The summed E-state index contributed by atoms with van der Waals surface area (Å²) in [7, 11) is 0. The van der Waals surface area contributed by atoms with Gasteiger partial charge in [-0.05, 0) is 48.4 Å². The highest BCUT2D eigenvalue weighted by Crippen LogP contribution is 2.22. The van der Waals surface area contributed by atoms with Gasteiger partial charge in [-0.1, -0.05) is 39.7 Å². The van der Waals surface area contributed by atoms with Crippen LogP contribution in [-0.4, -0.2) is 6.54 Å². The Labute approximate surface area is 152 Å². The number of hydrogen-bond acceptors (Lipinski definition) is 4. The third-order valence-electron chi connectivity index (χ3n) is 3.65. The van der Waals surface area contributed by atoms with E-state index in [1.807, 2.05) is 24.3 Å². The first-order chi connectivity index (χ1) is 11.5. The van der Waals surface area contributed by atoms with E-state index in [4.69, 9.17) is 11.6 Å². The predicted molar refractivity (Wildman–Crippen MR) is 102 cm³/mol. The second-order valence-corrected chi connectivity index (χ2v) is 6.70. The summed E-state index contributed by atoms with van der Waals surface area (Å²) in [5, 5.41) is 6.64. The Morgan fingerprint density at radius 2 is 1.50 bits per heavy atom. The Balaban J connectivity index is 1.65. The topological polar surface area (TPSA) is 58.2 Å². The molecule has 0 fully saturated rings. The van der Waals surface area contributed by atoms with Crippen LogP contribution in [0.25, 0.3) is 0 Å². The number of halogens is 2. The molecule has 2 N–H and O–H groups in total. The maximum absolute atomic E-state index is 11.8. The lowest BCUT2D eigenvalue weighted by molar-refractivity contribution is 1.01. The summed E-state index contributed by atoms with van der Waals surface area (Å²) >= 11 is 9.23. The van der Waals surface area contributed by atoms with Crippen LogP contribution in [0, 0.1) is 0 Å². The fourth-order valence-corrected chi connectivity index (χ4v) is 2.73. The van der Waals surface area contributed by atoms with Crippen molar-refractivity contribution in [3.8, 4) is 0 Å². The van der Waals surface area contributed by atoms with Crippen LogP contribution in [0.15, 0.2) is 62.6 Å². The van der Waals surface area contributed by atoms with Crippen molar-refractivity contribution in [3.05, 3.63) is 84.0 Å². The standard InChI is InChI=1S/C18H14BrClN2O2/c19-12-3-1-11(2-4-12)9-10-21-15-16(18(24)17(15)23)22-14-7-5-13(20)6-8-14/h1-8,21-22H,9-10H2. The van der Waals surface area contributed by atoms with Gasteiger partial charge in [0.1, 0.15) is 11.4 Å². The molecule has 0 spiro atoms. The van der Waals surface area contributed by atoms with E-state index in [1.54, 1.807) is 24.3 Å².